The molecule has 0 radical (unpaired) electrons. The molecule has 0 bridgehead atoms. The summed E-state index contributed by atoms with van der Waals surface area (Å²) >= 11 is 0. The number of carbonyl (C=O) groups is 3. The standard InChI is InChI=1S/C10H18N2O6/c1-3-12(6-8(14)18-2)10(17)11-7(4-5-13)9(15)16/h7,13H,3-6H2,1-2H3,(H,11,17)(H,15,16)/t7-/m1/s1. The Morgan fingerprint density at radius 2 is 2.00 bits per heavy atom. The van der Waals surface area contributed by atoms with Crippen LogP contribution in [0.4, 0.5) is 4.79 Å². The number of carboxylic acids is 1. The van der Waals surface area contributed by atoms with Gasteiger partial charge in [-0.1, -0.05) is 0 Å². The van der Waals surface area contributed by atoms with Crippen LogP contribution in [0.25, 0.3) is 0 Å². The molecule has 0 heterocycles. The minimum atomic E-state index is -1.24. The molecule has 0 rings (SSSR count). The van der Waals surface area contributed by atoms with E-state index in [1.165, 1.54) is 7.11 Å². The van der Waals surface area contributed by atoms with Gasteiger partial charge >= 0.3 is 18.0 Å². The number of hydrogen-bond donors (Lipinski definition) is 3. The smallest absolute Gasteiger partial charge is 0.326 e. The van der Waals surface area contributed by atoms with E-state index in [0.29, 0.717) is 0 Å². The molecule has 0 aromatic heterocycles. The fourth-order valence-corrected chi connectivity index (χ4v) is 1.17. The molecular weight excluding hydrogens is 244 g/mol. The van der Waals surface area contributed by atoms with Crippen molar-refractivity contribution < 1.29 is 29.3 Å². The van der Waals surface area contributed by atoms with Crippen LogP contribution in [-0.2, 0) is 14.3 Å². The van der Waals surface area contributed by atoms with E-state index in [4.69, 9.17) is 10.2 Å². The van der Waals surface area contributed by atoms with Gasteiger partial charge in [-0.2, -0.15) is 0 Å². The Hall–Kier alpha value is -1.83. The molecule has 104 valence electrons. The third-order valence-electron chi connectivity index (χ3n) is 2.23. The molecule has 0 aromatic carbocycles. The summed E-state index contributed by atoms with van der Waals surface area (Å²) in [5, 5.41) is 19.7. The average molecular weight is 262 g/mol. The van der Waals surface area contributed by atoms with Crippen molar-refractivity contribution in [2.24, 2.45) is 0 Å². The maximum atomic E-state index is 11.7. The lowest BCUT2D eigenvalue weighted by atomic mass is 10.2. The van der Waals surface area contributed by atoms with Crippen molar-refractivity contribution in [1.82, 2.24) is 10.2 Å². The number of amides is 2. The molecule has 0 aromatic rings. The second kappa shape index (κ2) is 8.29. The highest BCUT2D eigenvalue weighted by molar-refractivity contribution is 5.85. The number of aliphatic hydroxyl groups is 1. The number of nitrogens with zero attached hydrogens (tertiary/aromatic N) is 1. The largest absolute Gasteiger partial charge is 0.480 e. The molecule has 18 heavy (non-hydrogen) atoms. The highest BCUT2D eigenvalue weighted by atomic mass is 16.5. The van der Waals surface area contributed by atoms with Crippen LogP contribution in [0.2, 0.25) is 0 Å². The molecule has 0 saturated carbocycles. The SMILES string of the molecule is CCN(CC(=O)OC)C(=O)N[C@H](CCO)C(=O)O. The molecule has 8 nitrogen and oxygen atoms in total. The van der Waals surface area contributed by atoms with Crippen LogP contribution in [0, 0.1) is 0 Å². The number of urea groups is 1. The second-order valence-electron chi connectivity index (χ2n) is 3.44. The number of likely N-dealkylation sites (N-methyl/N-ethyl adjacent to an activating group) is 1. The Bertz CT molecular complexity index is 307. The van der Waals surface area contributed by atoms with Crippen LogP contribution in [0.1, 0.15) is 13.3 Å². The number of aliphatic hydroxyl groups excluding tert-OH is 1. The van der Waals surface area contributed by atoms with Crippen molar-refractivity contribution in [2.75, 3.05) is 26.8 Å². The van der Waals surface area contributed by atoms with Gasteiger partial charge in [-0.3, -0.25) is 4.79 Å². The topological polar surface area (TPSA) is 116 Å². The number of nitrogens with one attached hydrogen (secondary N) is 1. The van der Waals surface area contributed by atoms with E-state index < -0.39 is 24.0 Å². The minimum absolute atomic E-state index is 0.100. The summed E-state index contributed by atoms with van der Waals surface area (Å²) in [7, 11) is 1.19. The first-order valence-corrected chi connectivity index (χ1v) is 5.42. The van der Waals surface area contributed by atoms with Crippen molar-refractivity contribution in [3.8, 4) is 0 Å². The Labute approximate surface area is 105 Å². The third-order valence-corrected chi connectivity index (χ3v) is 2.23. The molecule has 0 fully saturated rings. The van der Waals surface area contributed by atoms with Gasteiger partial charge in [0.2, 0.25) is 0 Å². The van der Waals surface area contributed by atoms with Crippen LogP contribution in [0.5, 0.6) is 0 Å². The molecule has 0 aliphatic heterocycles. The zero-order valence-electron chi connectivity index (χ0n) is 10.4. The van der Waals surface area contributed by atoms with Crippen molar-refractivity contribution in [3.63, 3.8) is 0 Å². The van der Waals surface area contributed by atoms with Crippen LogP contribution in [-0.4, -0.2) is 65.9 Å². The molecular formula is C10H18N2O6. The van der Waals surface area contributed by atoms with Gasteiger partial charge in [0.05, 0.1) is 7.11 Å². The van der Waals surface area contributed by atoms with Gasteiger partial charge in [0.15, 0.2) is 0 Å². The van der Waals surface area contributed by atoms with Gasteiger partial charge in [0, 0.05) is 19.6 Å². The molecule has 0 unspecified atom stereocenters. The van der Waals surface area contributed by atoms with E-state index in [0.717, 1.165) is 4.90 Å². The number of carbonyl (C=O) groups excluding carboxylic acids is 2. The average Bonchev–Trinajstić information content (AvgIpc) is 2.34. The second-order valence-corrected chi connectivity index (χ2v) is 3.44. The summed E-state index contributed by atoms with van der Waals surface area (Å²) in [4.78, 5) is 34.6. The highest BCUT2D eigenvalue weighted by Gasteiger charge is 2.23. The number of rotatable bonds is 7. The molecule has 1 atom stereocenters. The number of methoxy groups -OCH3 is 1. The summed E-state index contributed by atoms with van der Waals surface area (Å²) in [5.41, 5.74) is 0. The van der Waals surface area contributed by atoms with E-state index >= 15 is 0 Å². The normalized spacial score (nSPS) is 11.5. The van der Waals surface area contributed by atoms with Crippen LogP contribution in [0.15, 0.2) is 0 Å². The number of aliphatic carboxylic acids is 1. The lowest BCUT2D eigenvalue weighted by Gasteiger charge is -2.22. The van der Waals surface area contributed by atoms with Crippen molar-refractivity contribution >= 4 is 18.0 Å². The molecule has 0 aliphatic carbocycles. The molecule has 0 spiro atoms. The molecule has 3 N–H and O–H groups in total. The summed E-state index contributed by atoms with van der Waals surface area (Å²) in [6.07, 6.45) is -0.100. The van der Waals surface area contributed by atoms with Gasteiger partial charge in [-0.15, -0.1) is 0 Å². The highest BCUT2D eigenvalue weighted by Crippen LogP contribution is 1.96. The molecule has 0 saturated heterocycles. The maximum Gasteiger partial charge on any atom is 0.326 e. The van der Waals surface area contributed by atoms with Crippen molar-refractivity contribution in [1.29, 1.82) is 0 Å². The fraction of sp³-hybridized carbons (Fsp3) is 0.700. The van der Waals surface area contributed by atoms with Crippen LogP contribution >= 0.6 is 0 Å². The first kappa shape index (κ1) is 16.2. The van der Waals surface area contributed by atoms with E-state index in [1.54, 1.807) is 6.92 Å². The summed E-state index contributed by atoms with van der Waals surface area (Å²) in [5.74, 6) is -1.84. The van der Waals surface area contributed by atoms with Gasteiger partial charge < -0.3 is 25.2 Å². The van der Waals surface area contributed by atoms with Crippen molar-refractivity contribution in [2.45, 2.75) is 19.4 Å². The number of hydrogen-bond acceptors (Lipinski definition) is 5. The van der Waals surface area contributed by atoms with Gasteiger partial charge in [-0.05, 0) is 6.92 Å². The van der Waals surface area contributed by atoms with E-state index in [2.05, 4.69) is 10.1 Å². The first-order valence-electron chi connectivity index (χ1n) is 5.42. The Kier molecular flexibility index (Phi) is 7.45. The van der Waals surface area contributed by atoms with Gasteiger partial charge in [0.1, 0.15) is 12.6 Å². The van der Waals surface area contributed by atoms with Gasteiger partial charge in [-0.25, -0.2) is 9.59 Å². The monoisotopic (exact) mass is 262 g/mol. The summed E-state index contributed by atoms with van der Waals surface area (Å²) in [6.45, 7) is 1.25. The fourth-order valence-electron chi connectivity index (χ4n) is 1.17. The number of carboxylic acid groups (broad SMARTS) is 1. The van der Waals surface area contributed by atoms with E-state index in [1.807, 2.05) is 0 Å². The minimum Gasteiger partial charge on any atom is -0.480 e. The van der Waals surface area contributed by atoms with Crippen molar-refractivity contribution in [3.05, 3.63) is 0 Å². The lowest BCUT2D eigenvalue weighted by Crippen LogP contribution is -2.49. The maximum absolute atomic E-state index is 11.7. The third kappa shape index (κ3) is 5.48. The lowest BCUT2D eigenvalue weighted by molar-refractivity contribution is -0.141. The quantitative estimate of drug-likeness (QED) is 0.508. The number of esters is 1. The predicted octanol–water partition coefficient (Wildman–Crippen LogP) is -0.973. The zero-order chi connectivity index (χ0) is 14.1. The van der Waals surface area contributed by atoms with E-state index in [9.17, 15) is 14.4 Å². The van der Waals surface area contributed by atoms with E-state index in [-0.39, 0.29) is 26.1 Å². The molecule has 0 aliphatic rings. The van der Waals surface area contributed by atoms with Crippen LogP contribution < -0.4 is 5.32 Å². The summed E-state index contributed by atoms with van der Waals surface area (Å²) in [6, 6.07) is -1.88. The number of ether oxygens (including phenoxy) is 1. The van der Waals surface area contributed by atoms with Gasteiger partial charge in [0.25, 0.3) is 0 Å². The Morgan fingerprint density at radius 1 is 1.39 bits per heavy atom. The predicted molar refractivity (Wildman–Crippen MR) is 60.9 cm³/mol. The first-order chi connectivity index (χ1) is 8.46. The Morgan fingerprint density at radius 3 is 2.39 bits per heavy atom. The molecule has 2 amide bonds. The molecule has 8 heteroatoms. The zero-order valence-corrected chi connectivity index (χ0v) is 10.4. The summed E-state index contributed by atoms with van der Waals surface area (Å²) < 4.78 is 4.42. The van der Waals surface area contributed by atoms with Crippen LogP contribution in [0.3, 0.4) is 0 Å². The Balaban J connectivity index is 4.49.